The summed E-state index contributed by atoms with van der Waals surface area (Å²) >= 11 is 0. The molecule has 3 aromatic carbocycles. The number of hydrogen-bond acceptors (Lipinski definition) is 2. The highest BCUT2D eigenvalue weighted by molar-refractivity contribution is 5.44. The maximum absolute atomic E-state index is 12.9. The van der Waals surface area contributed by atoms with E-state index >= 15 is 0 Å². The lowest BCUT2D eigenvalue weighted by Gasteiger charge is -2.10. The molecule has 0 aromatic heterocycles. The molecule has 0 heterocycles. The molecule has 0 saturated heterocycles. The number of anilines is 1. The fraction of sp³-hybridized carbons (Fsp3) is 0.143. The fourth-order valence-corrected chi connectivity index (χ4v) is 2.37. The third kappa shape index (κ3) is 4.59. The average Bonchev–Trinajstić information content (AvgIpc) is 2.61. The molecule has 0 aliphatic rings. The van der Waals surface area contributed by atoms with Crippen molar-refractivity contribution in [3.05, 3.63) is 95.3 Å². The van der Waals surface area contributed by atoms with Crippen molar-refractivity contribution in [2.45, 2.75) is 20.1 Å². The number of halogens is 1. The van der Waals surface area contributed by atoms with Gasteiger partial charge < -0.3 is 10.1 Å². The van der Waals surface area contributed by atoms with Crippen molar-refractivity contribution in [3.63, 3.8) is 0 Å². The Morgan fingerprint density at radius 1 is 0.875 bits per heavy atom. The molecule has 0 saturated carbocycles. The van der Waals surface area contributed by atoms with E-state index in [2.05, 4.69) is 36.5 Å². The summed E-state index contributed by atoms with van der Waals surface area (Å²) in [6.45, 7) is 3.28. The number of nitrogens with one attached hydrogen (secondary N) is 1. The first-order valence-corrected chi connectivity index (χ1v) is 7.96. The van der Waals surface area contributed by atoms with Gasteiger partial charge in [-0.1, -0.05) is 42.0 Å². The summed E-state index contributed by atoms with van der Waals surface area (Å²) in [6.07, 6.45) is 0. The second-order valence-electron chi connectivity index (χ2n) is 5.78. The van der Waals surface area contributed by atoms with E-state index < -0.39 is 0 Å². The molecule has 0 aliphatic carbocycles. The van der Waals surface area contributed by atoms with Crippen molar-refractivity contribution in [3.8, 4) is 5.75 Å². The second-order valence-corrected chi connectivity index (χ2v) is 5.78. The van der Waals surface area contributed by atoms with Crippen LogP contribution in [0, 0.1) is 12.7 Å². The zero-order valence-electron chi connectivity index (χ0n) is 13.6. The van der Waals surface area contributed by atoms with E-state index in [1.54, 1.807) is 12.1 Å². The van der Waals surface area contributed by atoms with E-state index in [1.807, 2.05) is 24.3 Å². The zero-order chi connectivity index (χ0) is 16.8. The van der Waals surface area contributed by atoms with Crippen LogP contribution in [0.2, 0.25) is 0 Å². The lowest BCUT2D eigenvalue weighted by molar-refractivity contribution is 0.306. The Morgan fingerprint density at radius 2 is 1.62 bits per heavy atom. The highest BCUT2D eigenvalue weighted by Gasteiger charge is 2.00. The van der Waals surface area contributed by atoms with E-state index in [0.29, 0.717) is 13.2 Å². The largest absolute Gasteiger partial charge is 0.489 e. The van der Waals surface area contributed by atoms with Gasteiger partial charge in [0, 0.05) is 12.2 Å². The molecule has 3 rings (SSSR count). The predicted octanol–water partition coefficient (Wildman–Crippen LogP) is 5.33. The smallest absolute Gasteiger partial charge is 0.123 e. The van der Waals surface area contributed by atoms with Crippen molar-refractivity contribution in [1.82, 2.24) is 0 Å². The molecule has 0 aliphatic heterocycles. The molecular formula is C21H20FNO. The Balaban J connectivity index is 1.57. The van der Waals surface area contributed by atoms with Crippen LogP contribution in [0.25, 0.3) is 0 Å². The fourth-order valence-electron chi connectivity index (χ4n) is 2.37. The van der Waals surface area contributed by atoms with Gasteiger partial charge in [-0.15, -0.1) is 0 Å². The van der Waals surface area contributed by atoms with Crippen LogP contribution in [0.3, 0.4) is 0 Å². The van der Waals surface area contributed by atoms with Crippen LogP contribution in [0.1, 0.15) is 16.7 Å². The molecule has 0 unspecified atom stereocenters. The molecule has 3 heteroatoms. The van der Waals surface area contributed by atoms with E-state index in [-0.39, 0.29) is 5.82 Å². The van der Waals surface area contributed by atoms with Gasteiger partial charge in [-0.25, -0.2) is 4.39 Å². The summed E-state index contributed by atoms with van der Waals surface area (Å²) in [7, 11) is 0. The molecule has 0 fully saturated rings. The quantitative estimate of drug-likeness (QED) is 0.663. The van der Waals surface area contributed by atoms with Crippen molar-refractivity contribution in [2.75, 3.05) is 5.32 Å². The minimum absolute atomic E-state index is 0.230. The summed E-state index contributed by atoms with van der Waals surface area (Å²) in [5, 5.41) is 3.27. The number of benzene rings is 3. The van der Waals surface area contributed by atoms with Gasteiger partial charge >= 0.3 is 0 Å². The first kappa shape index (κ1) is 16.1. The number of hydrogen-bond donors (Lipinski definition) is 1. The van der Waals surface area contributed by atoms with Crippen LogP contribution in [0.4, 0.5) is 10.1 Å². The van der Waals surface area contributed by atoms with Gasteiger partial charge in [0.15, 0.2) is 0 Å². The van der Waals surface area contributed by atoms with Crippen LogP contribution in [-0.4, -0.2) is 0 Å². The molecule has 0 radical (unpaired) electrons. The first-order valence-electron chi connectivity index (χ1n) is 7.96. The van der Waals surface area contributed by atoms with Crippen molar-refractivity contribution in [1.29, 1.82) is 0 Å². The van der Waals surface area contributed by atoms with Gasteiger partial charge in [-0.3, -0.25) is 0 Å². The van der Waals surface area contributed by atoms with Crippen molar-refractivity contribution < 1.29 is 9.13 Å². The summed E-state index contributed by atoms with van der Waals surface area (Å²) in [4.78, 5) is 0. The molecule has 122 valence electrons. The van der Waals surface area contributed by atoms with E-state index in [0.717, 1.165) is 22.6 Å². The molecule has 2 nitrogen and oxygen atoms in total. The Labute approximate surface area is 141 Å². The Bertz CT molecular complexity index is 717. The number of aryl methyl sites for hydroxylation is 1. The molecule has 0 spiro atoms. The van der Waals surface area contributed by atoms with Gasteiger partial charge in [0.05, 0.1) is 0 Å². The molecule has 0 bridgehead atoms. The first-order chi connectivity index (χ1) is 11.7. The lowest BCUT2D eigenvalue weighted by atomic mass is 10.1. The maximum Gasteiger partial charge on any atom is 0.123 e. The highest BCUT2D eigenvalue weighted by atomic mass is 19.1. The molecular weight excluding hydrogens is 301 g/mol. The third-order valence-corrected chi connectivity index (χ3v) is 3.77. The van der Waals surface area contributed by atoms with Crippen LogP contribution in [0.5, 0.6) is 5.75 Å². The maximum atomic E-state index is 12.9. The minimum Gasteiger partial charge on any atom is -0.489 e. The van der Waals surface area contributed by atoms with Gasteiger partial charge in [0.25, 0.3) is 0 Å². The van der Waals surface area contributed by atoms with Gasteiger partial charge in [0.2, 0.25) is 0 Å². The Kier molecular flexibility index (Phi) is 5.12. The summed E-state index contributed by atoms with van der Waals surface area (Å²) in [5.41, 5.74) is 4.39. The van der Waals surface area contributed by atoms with Gasteiger partial charge in [-0.05, 0) is 54.4 Å². The minimum atomic E-state index is -0.230. The number of ether oxygens (including phenoxy) is 1. The van der Waals surface area contributed by atoms with Crippen molar-refractivity contribution >= 4 is 5.69 Å². The second kappa shape index (κ2) is 7.64. The van der Waals surface area contributed by atoms with E-state index in [9.17, 15) is 4.39 Å². The standard InChI is InChI=1S/C21H20FNO/c1-16-5-7-17(8-6-16)15-24-21-4-2-3-18(13-21)14-23-20-11-9-19(22)10-12-20/h2-13,23H,14-15H2,1H3. The highest BCUT2D eigenvalue weighted by Crippen LogP contribution is 2.17. The zero-order valence-corrected chi connectivity index (χ0v) is 13.6. The predicted molar refractivity (Wildman–Crippen MR) is 95.7 cm³/mol. The summed E-state index contributed by atoms with van der Waals surface area (Å²) < 4.78 is 18.8. The summed E-state index contributed by atoms with van der Waals surface area (Å²) in [6, 6.07) is 22.7. The van der Waals surface area contributed by atoms with Crippen LogP contribution in [0.15, 0.2) is 72.8 Å². The normalized spacial score (nSPS) is 10.4. The molecule has 1 N–H and O–H groups in total. The third-order valence-electron chi connectivity index (χ3n) is 3.77. The van der Waals surface area contributed by atoms with E-state index in [1.165, 1.54) is 17.7 Å². The monoisotopic (exact) mass is 321 g/mol. The SMILES string of the molecule is Cc1ccc(COc2cccc(CNc3ccc(F)cc3)c2)cc1. The molecule has 0 amide bonds. The molecule has 24 heavy (non-hydrogen) atoms. The lowest BCUT2D eigenvalue weighted by Crippen LogP contribution is -2.00. The van der Waals surface area contributed by atoms with Gasteiger partial charge in [0.1, 0.15) is 18.2 Å². The van der Waals surface area contributed by atoms with Crippen LogP contribution >= 0.6 is 0 Å². The Morgan fingerprint density at radius 3 is 2.38 bits per heavy atom. The van der Waals surface area contributed by atoms with Crippen molar-refractivity contribution in [2.24, 2.45) is 0 Å². The molecule has 3 aromatic rings. The van der Waals surface area contributed by atoms with Crippen LogP contribution < -0.4 is 10.1 Å². The topological polar surface area (TPSA) is 21.3 Å². The molecule has 0 atom stereocenters. The summed E-state index contributed by atoms with van der Waals surface area (Å²) in [5.74, 6) is 0.612. The number of rotatable bonds is 6. The Hall–Kier alpha value is -2.81. The van der Waals surface area contributed by atoms with Gasteiger partial charge in [-0.2, -0.15) is 0 Å². The van der Waals surface area contributed by atoms with Crippen LogP contribution in [-0.2, 0) is 13.2 Å². The van der Waals surface area contributed by atoms with E-state index in [4.69, 9.17) is 4.74 Å². The average molecular weight is 321 g/mol.